The Hall–Kier alpha value is -0.250. The van der Waals surface area contributed by atoms with Crippen molar-refractivity contribution in [1.82, 2.24) is 9.80 Å². The van der Waals surface area contributed by atoms with Crippen LogP contribution in [0.15, 0.2) is 0 Å². The van der Waals surface area contributed by atoms with E-state index in [1.165, 1.54) is 11.8 Å². The van der Waals surface area contributed by atoms with Gasteiger partial charge in [-0.2, -0.15) is 8.42 Å². The lowest BCUT2D eigenvalue weighted by Crippen LogP contribution is -2.60. The predicted octanol–water partition coefficient (Wildman–Crippen LogP) is -1.46. The molecule has 1 saturated heterocycles. The van der Waals surface area contributed by atoms with Crippen molar-refractivity contribution in [3.8, 4) is 0 Å². The molecule has 1 rings (SSSR count). The Morgan fingerprint density at radius 1 is 1.24 bits per heavy atom. The van der Waals surface area contributed by atoms with E-state index >= 15 is 0 Å². The number of aliphatic hydroxyl groups excluding tert-OH is 1. The van der Waals surface area contributed by atoms with Crippen molar-refractivity contribution >= 4 is 10.1 Å². The predicted molar refractivity (Wildman–Crippen MR) is 61.9 cm³/mol. The second kappa shape index (κ2) is 5.59. The van der Waals surface area contributed by atoms with E-state index in [1.54, 1.807) is 0 Å². The lowest BCUT2D eigenvalue weighted by Gasteiger charge is -2.41. The van der Waals surface area contributed by atoms with Crippen molar-refractivity contribution in [3.05, 3.63) is 0 Å². The Bertz CT molecular complexity index is 339. The summed E-state index contributed by atoms with van der Waals surface area (Å²) < 4.78 is 31.5. The maximum atomic E-state index is 11.2. The Balaban J connectivity index is 2.69. The molecule has 1 unspecified atom stereocenters. The average molecular weight is 268 g/mol. The molecule has 0 saturated carbocycles. The summed E-state index contributed by atoms with van der Waals surface area (Å²) in [5.74, 6) is 0. The smallest absolute Gasteiger partial charge is 0.309 e. The molecule has 7 nitrogen and oxygen atoms in total. The second-order valence-electron chi connectivity index (χ2n) is 4.12. The first-order valence-electron chi connectivity index (χ1n) is 5.63. The molecule has 0 amide bonds. The molecule has 1 fully saturated rings. The van der Waals surface area contributed by atoms with Gasteiger partial charge in [-0.15, -0.1) is 0 Å². The largest absolute Gasteiger partial charge is 0.395 e. The molecule has 102 valence electrons. The van der Waals surface area contributed by atoms with Gasteiger partial charge < -0.3 is 10.2 Å². The Morgan fingerprint density at radius 2 is 1.76 bits per heavy atom. The lowest BCUT2D eigenvalue weighted by molar-refractivity contribution is -0.0686. The highest BCUT2D eigenvalue weighted by Gasteiger charge is 2.45. The van der Waals surface area contributed by atoms with Crippen LogP contribution in [0.4, 0.5) is 0 Å². The number of rotatable bonds is 5. The zero-order chi connectivity index (χ0) is 13.1. The van der Waals surface area contributed by atoms with E-state index in [9.17, 15) is 13.5 Å². The van der Waals surface area contributed by atoms with E-state index in [-0.39, 0.29) is 13.0 Å². The SMILES string of the molecule is CCC(O)(N1CCN(CCO)CC1)S(=O)(=O)O. The van der Waals surface area contributed by atoms with Gasteiger partial charge in [0.2, 0.25) is 5.06 Å². The summed E-state index contributed by atoms with van der Waals surface area (Å²) >= 11 is 0. The van der Waals surface area contributed by atoms with Crippen LogP contribution in [0, 0.1) is 0 Å². The summed E-state index contributed by atoms with van der Waals surface area (Å²) in [5.41, 5.74) is 0. The van der Waals surface area contributed by atoms with Crippen LogP contribution in [0.1, 0.15) is 13.3 Å². The van der Waals surface area contributed by atoms with Gasteiger partial charge in [-0.25, -0.2) is 0 Å². The fourth-order valence-corrected chi connectivity index (χ4v) is 2.91. The van der Waals surface area contributed by atoms with Gasteiger partial charge in [0.15, 0.2) is 0 Å². The van der Waals surface area contributed by atoms with Crippen molar-refractivity contribution in [2.45, 2.75) is 18.4 Å². The molecule has 0 radical (unpaired) electrons. The maximum absolute atomic E-state index is 11.2. The molecule has 1 aliphatic heterocycles. The molecular weight excluding hydrogens is 248 g/mol. The molecule has 1 atom stereocenters. The summed E-state index contributed by atoms with van der Waals surface area (Å²) in [6.45, 7) is 3.87. The van der Waals surface area contributed by atoms with Crippen LogP contribution < -0.4 is 0 Å². The Morgan fingerprint density at radius 3 is 2.12 bits per heavy atom. The maximum Gasteiger partial charge on any atom is 0.309 e. The van der Waals surface area contributed by atoms with Crippen LogP contribution in [0.2, 0.25) is 0 Å². The molecule has 0 aromatic heterocycles. The fraction of sp³-hybridized carbons (Fsp3) is 1.00. The number of aliphatic hydroxyl groups is 2. The van der Waals surface area contributed by atoms with Crippen molar-refractivity contribution in [3.63, 3.8) is 0 Å². The zero-order valence-electron chi connectivity index (χ0n) is 9.91. The van der Waals surface area contributed by atoms with Gasteiger partial charge in [0, 0.05) is 39.1 Å². The van der Waals surface area contributed by atoms with Crippen molar-refractivity contribution in [2.75, 3.05) is 39.3 Å². The van der Waals surface area contributed by atoms with Gasteiger partial charge >= 0.3 is 10.1 Å². The summed E-state index contributed by atoms with van der Waals surface area (Å²) in [7, 11) is -4.53. The molecule has 17 heavy (non-hydrogen) atoms. The first kappa shape index (κ1) is 14.8. The third-order valence-electron chi connectivity index (χ3n) is 3.16. The highest BCUT2D eigenvalue weighted by Crippen LogP contribution is 2.24. The van der Waals surface area contributed by atoms with E-state index in [0.29, 0.717) is 32.7 Å². The standard InChI is InChI=1S/C9H20N2O5S/c1-2-9(13,17(14,15)16)11-5-3-10(4-6-11)7-8-12/h12-13H,2-8H2,1H3,(H,14,15,16). The molecule has 0 aromatic carbocycles. The van der Waals surface area contributed by atoms with Crippen LogP contribution in [-0.2, 0) is 10.1 Å². The summed E-state index contributed by atoms with van der Waals surface area (Å²) in [4.78, 5) is 3.33. The minimum absolute atomic E-state index is 0.0519. The number of hydrogen-bond donors (Lipinski definition) is 3. The fourth-order valence-electron chi connectivity index (χ4n) is 2.03. The van der Waals surface area contributed by atoms with Crippen LogP contribution >= 0.6 is 0 Å². The molecule has 8 heteroatoms. The number of nitrogens with zero attached hydrogens (tertiary/aromatic N) is 2. The minimum atomic E-state index is -4.53. The van der Waals surface area contributed by atoms with E-state index in [2.05, 4.69) is 0 Å². The third-order valence-corrected chi connectivity index (χ3v) is 4.53. The van der Waals surface area contributed by atoms with Gasteiger partial charge in [0.1, 0.15) is 0 Å². The van der Waals surface area contributed by atoms with Crippen molar-refractivity contribution < 1.29 is 23.2 Å². The number of β-amino-alcohol motifs (C(OH)–C–C–N with tert-alkyl or cyclic N) is 1. The normalized spacial score (nSPS) is 23.5. The van der Waals surface area contributed by atoms with Crippen LogP contribution in [0.25, 0.3) is 0 Å². The monoisotopic (exact) mass is 268 g/mol. The lowest BCUT2D eigenvalue weighted by atomic mass is 10.2. The van der Waals surface area contributed by atoms with E-state index in [4.69, 9.17) is 9.66 Å². The topological polar surface area (TPSA) is 101 Å². The molecule has 0 bridgehead atoms. The molecule has 1 heterocycles. The summed E-state index contributed by atoms with van der Waals surface area (Å²) in [6, 6.07) is 0. The van der Waals surface area contributed by atoms with Crippen LogP contribution in [0.5, 0.6) is 0 Å². The minimum Gasteiger partial charge on any atom is -0.395 e. The van der Waals surface area contributed by atoms with Gasteiger partial charge in [-0.3, -0.25) is 14.4 Å². The summed E-state index contributed by atoms with van der Waals surface area (Å²) in [5, 5.41) is 16.6. The van der Waals surface area contributed by atoms with E-state index in [1.807, 2.05) is 4.90 Å². The van der Waals surface area contributed by atoms with Crippen LogP contribution in [0.3, 0.4) is 0 Å². The second-order valence-corrected chi connectivity index (χ2v) is 5.73. The highest BCUT2D eigenvalue weighted by molar-refractivity contribution is 7.87. The molecule has 3 N–H and O–H groups in total. The molecule has 0 aromatic rings. The average Bonchev–Trinajstić information content (AvgIpc) is 2.28. The van der Waals surface area contributed by atoms with E-state index in [0.717, 1.165) is 0 Å². The van der Waals surface area contributed by atoms with E-state index < -0.39 is 15.2 Å². The van der Waals surface area contributed by atoms with Gasteiger partial charge in [0.05, 0.1) is 6.61 Å². The zero-order valence-corrected chi connectivity index (χ0v) is 10.7. The van der Waals surface area contributed by atoms with Crippen molar-refractivity contribution in [2.24, 2.45) is 0 Å². The molecular formula is C9H20N2O5S. The van der Waals surface area contributed by atoms with Gasteiger partial charge in [-0.05, 0) is 0 Å². The van der Waals surface area contributed by atoms with Crippen molar-refractivity contribution in [1.29, 1.82) is 0 Å². The first-order valence-corrected chi connectivity index (χ1v) is 7.07. The highest BCUT2D eigenvalue weighted by atomic mass is 32.2. The van der Waals surface area contributed by atoms with Crippen LogP contribution in [-0.4, -0.2) is 77.4 Å². The first-order chi connectivity index (χ1) is 7.85. The summed E-state index contributed by atoms with van der Waals surface area (Å²) in [6.07, 6.45) is -0.0914. The third kappa shape index (κ3) is 3.15. The number of piperazine rings is 1. The molecule has 0 spiro atoms. The van der Waals surface area contributed by atoms with Gasteiger partial charge in [-0.1, -0.05) is 6.92 Å². The Kier molecular flexibility index (Phi) is 4.87. The number of hydrogen-bond acceptors (Lipinski definition) is 6. The quantitative estimate of drug-likeness (QED) is 0.524. The molecule has 0 aliphatic carbocycles. The van der Waals surface area contributed by atoms with Gasteiger partial charge in [0.25, 0.3) is 0 Å². The molecule has 1 aliphatic rings. The Labute approximate surface area is 101 Å².